The highest BCUT2D eigenvalue weighted by Gasteiger charge is 2.11. The molecule has 0 unspecified atom stereocenters. The number of carbonyl (C=O) groups is 1. The Labute approximate surface area is 166 Å². The van der Waals surface area contributed by atoms with Gasteiger partial charge in [-0.3, -0.25) is 10.0 Å². The van der Waals surface area contributed by atoms with Crippen LogP contribution in [0.25, 0.3) is 6.08 Å². The van der Waals surface area contributed by atoms with Crippen molar-refractivity contribution in [1.82, 2.24) is 5.06 Å². The van der Waals surface area contributed by atoms with Crippen LogP contribution in [0.3, 0.4) is 0 Å². The van der Waals surface area contributed by atoms with E-state index in [9.17, 15) is 10.0 Å². The number of unbranched alkanes of at least 4 members (excludes halogenated alkanes) is 12. The molecule has 27 heavy (non-hydrogen) atoms. The SMILES string of the molecule is CCCCCCCCCCCCCC/C=C/c1ccccc1C(=O)N(C)O. The Kier molecular flexibility index (Phi) is 13.4. The molecule has 3 nitrogen and oxygen atoms in total. The molecule has 0 saturated carbocycles. The largest absolute Gasteiger partial charge is 0.286 e. The van der Waals surface area contributed by atoms with Gasteiger partial charge in [-0.25, -0.2) is 5.06 Å². The first kappa shape index (κ1) is 23.4. The number of carbonyl (C=O) groups excluding carboxylic acids is 1. The first-order valence-electron chi connectivity index (χ1n) is 10.9. The Morgan fingerprint density at radius 2 is 1.41 bits per heavy atom. The second kappa shape index (κ2) is 15.4. The van der Waals surface area contributed by atoms with Crippen LogP contribution in [0.4, 0.5) is 0 Å². The van der Waals surface area contributed by atoms with Crippen LogP contribution >= 0.6 is 0 Å². The summed E-state index contributed by atoms with van der Waals surface area (Å²) >= 11 is 0. The van der Waals surface area contributed by atoms with Crippen molar-refractivity contribution in [2.45, 2.75) is 90.4 Å². The number of hydroxylamine groups is 2. The van der Waals surface area contributed by atoms with Gasteiger partial charge in [-0.05, 0) is 24.5 Å². The van der Waals surface area contributed by atoms with Crippen LogP contribution in [-0.4, -0.2) is 23.2 Å². The van der Waals surface area contributed by atoms with Crippen molar-refractivity contribution in [2.75, 3.05) is 7.05 Å². The van der Waals surface area contributed by atoms with E-state index in [0.717, 1.165) is 12.0 Å². The maximum absolute atomic E-state index is 12.0. The van der Waals surface area contributed by atoms with Crippen molar-refractivity contribution >= 4 is 12.0 Å². The summed E-state index contributed by atoms with van der Waals surface area (Å²) in [5.41, 5.74) is 1.40. The van der Waals surface area contributed by atoms with Gasteiger partial charge in [0.15, 0.2) is 0 Å². The van der Waals surface area contributed by atoms with Crippen LogP contribution in [0.5, 0.6) is 0 Å². The maximum Gasteiger partial charge on any atom is 0.277 e. The fourth-order valence-electron chi connectivity index (χ4n) is 3.32. The van der Waals surface area contributed by atoms with Crippen LogP contribution in [0.1, 0.15) is 106 Å². The number of hydrogen-bond donors (Lipinski definition) is 1. The second-order valence-corrected chi connectivity index (χ2v) is 7.50. The molecule has 0 bridgehead atoms. The number of amides is 1. The van der Waals surface area contributed by atoms with E-state index < -0.39 is 0 Å². The van der Waals surface area contributed by atoms with E-state index >= 15 is 0 Å². The van der Waals surface area contributed by atoms with Crippen molar-refractivity contribution < 1.29 is 10.0 Å². The molecule has 0 radical (unpaired) electrons. The fraction of sp³-hybridized carbons (Fsp3) is 0.625. The summed E-state index contributed by atoms with van der Waals surface area (Å²) in [4.78, 5) is 12.0. The summed E-state index contributed by atoms with van der Waals surface area (Å²) in [6.07, 6.45) is 21.5. The summed E-state index contributed by atoms with van der Waals surface area (Å²) in [5, 5.41) is 9.99. The van der Waals surface area contributed by atoms with Gasteiger partial charge in [0.05, 0.1) is 0 Å². The number of benzene rings is 1. The molecule has 0 aliphatic carbocycles. The van der Waals surface area contributed by atoms with Crippen LogP contribution in [-0.2, 0) is 0 Å². The number of rotatable bonds is 15. The molecule has 0 atom stereocenters. The van der Waals surface area contributed by atoms with Gasteiger partial charge in [0.1, 0.15) is 0 Å². The highest BCUT2D eigenvalue weighted by atomic mass is 16.5. The van der Waals surface area contributed by atoms with Crippen molar-refractivity contribution in [3.05, 3.63) is 41.5 Å². The van der Waals surface area contributed by atoms with E-state index in [4.69, 9.17) is 0 Å². The predicted molar refractivity (Wildman–Crippen MR) is 115 cm³/mol. The van der Waals surface area contributed by atoms with Crippen molar-refractivity contribution in [1.29, 1.82) is 0 Å². The van der Waals surface area contributed by atoms with Crippen LogP contribution < -0.4 is 0 Å². The highest BCUT2D eigenvalue weighted by Crippen LogP contribution is 2.15. The summed E-state index contributed by atoms with van der Waals surface area (Å²) in [6, 6.07) is 7.39. The molecule has 0 heterocycles. The smallest absolute Gasteiger partial charge is 0.277 e. The Morgan fingerprint density at radius 3 is 1.96 bits per heavy atom. The second-order valence-electron chi connectivity index (χ2n) is 7.50. The number of allylic oxidation sites excluding steroid dienone is 1. The lowest BCUT2D eigenvalue weighted by Gasteiger charge is -2.10. The zero-order valence-corrected chi connectivity index (χ0v) is 17.5. The number of hydrogen-bond acceptors (Lipinski definition) is 2. The summed E-state index contributed by atoms with van der Waals surface area (Å²) in [6.45, 7) is 2.27. The minimum atomic E-state index is -0.374. The molecule has 1 N–H and O–H groups in total. The average molecular weight is 374 g/mol. The number of nitrogens with zero attached hydrogens (tertiary/aromatic N) is 1. The molecule has 0 aromatic heterocycles. The first-order valence-corrected chi connectivity index (χ1v) is 10.9. The van der Waals surface area contributed by atoms with E-state index in [1.54, 1.807) is 6.07 Å². The lowest BCUT2D eigenvalue weighted by molar-refractivity contribution is -0.0375. The van der Waals surface area contributed by atoms with Gasteiger partial charge < -0.3 is 0 Å². The van der Waals surface area contributed by atoms with Gasteiger partial charge >= 0.3 is 0 Å². The lowest BCUT2D eigenvalue weighted by atomic mass is 10.0. The van der Waals surface area contributed by atoms with E-state index in [1.165, 1.54) is 84.1 Å². The van der Waals surface area contributed by atoms with Gasteiger partial charge in [0.25, 0.3) is 5.91 Å². The Morgan fingerprint density at radius 1 is 0.889 bits per heavy atom. The van der Waals surface area contributed by atoms with Crippen molar-refractivity contribution in [3.8, 4) is 0 Å². The zero-order valence-electron chi connectivity index (χ0n) is 17.5. The third kappa shape index (κ3) is 11.0. The molecular weight excluding hydrogens is 334 g/mol. The summed E-state index contributed by atoms with van der Waals surface area (Å²) < 4.78 is 0. The van der Waals surface area contributed by atoms with E-state index in [0.29, 0.717) is 10.6 Å². The van der Waals surface area contributed by atoms with Gasteiger partial charge in [-0.2, -0.15) is 0 Å². The zero-order chi connectivity index (χ0) is 19.7. The van der Waals surface area contributed by atoms with Crippen LogP contribution in [0, 0.1) is 0 Å². The molecule has 3 heteroatoms. The molecule has 0 saturated heterocycles. The summed E-state index contributed by atoms with van der Waals surface area (Å²) in [7, 11) is 1.36. The van der Waals surface area contributed by atoms with E-state index in [-0.39, 0.29) is 5.91 Å². The van der Waals surface area contributed by atoms with Gasteiger partial charge in [0, 0.05) is 12.6 Å². The third-order valence-corrected chi connectivity index (χ3v) is 5.01. The van der Waals surface area contributed by atoms with E-state index in [1.807, 2.05) is 24.3 Å². The average Bonchev–Trinajstić information content (AvgIpc) is 2.68. The van der Waals surface area contributed by atoms with E-state index in [2.05, 4.69) is 13.0 Å². The quantitative estimate of drug-likeness (QED) is 0.200. The van der Waals surface area contributed by atoms with Crippen LogP contribution in [0.15, 0.2) is 30.3 Å². The molecule has 1 amide bonds. The minimum absolute atomic E-state index is 0.374. The molecule has 0 spiro atoms. The summed E-state index contributed by atoms with van der Waals surface area (Å²) in [5.74, 6) is -0.374. The maximum atomic E-state index is 12.0. The molecule has 1 rings (SSSR count). The minimum Gasteiger partial charge on any atom is -0.286 e. The molecule has 1 aromatic carbocycles. The standard InChI is InChI=1S/C24H39NO2/c1-3-4-5-6-7-8-9-10-11-12-13-14-15-16-19-22-20-17-18-21-23(22)24(26)25(2)27/h16-21,27H,3-15H2,1-2H3/b19-16+. The van der Waals surface area contributed by atoms with Crippen molar-refractivity contribution in [2.24, 2.45) is 0 Å². The fourth-order valence-corrected chi connectivity index (χ4v) is 3.32. The monoisotopic (exact) mass is 373 g/mol. The Bertz CT molecular complexity index is 537. The molecule has 1 aromatic rings. The molecule has 152 valence electrons. The molecular formula is C24H39NO2. The topological polar surface area (TPSA) is 40.5 Å². The van der Waals surface area contributed by atoms with Gasteiger partial charge in [0.2, 0.25) is 0 Å². The molecule has 0 fully saturated rings. The van der Waals surface area contributed by atoms with Gasteiger partial charge in [-0.1, -0.05) is 108 Å². The lowest BCUT2D eigenvalue weighted by Crippen LogP contribution is -2.23. The van der Waals surface area contributed by atoms with Crippen LogP contribution in [0.2, 0.25) is 0 Å². The molecule has 0 aliphatic heterocycles. The highest BCUT2D eigenvalue weighted by molar-refractivity contribution is 5.96. The molecule has 0 aliphatic rings. The Balaban J connectivity index is 2.08. The van der Waals surface area contributed by atoms with Crippen molar-refractivity contribution in [3.63, 3.8) is 0 Å². The normalized spacial score (nSPS) is 11.2. The predicted octanol–water partition coefficient (Wildman–Crippen LogP) is 7.25. The Hall–Kier alpha value is -1.61. The third-order valence-electron chi connectivity index (χ3n) is 5.01. The first-order chi connectivity index (χ1) is 13.2. The van der Waals surface area contributed by atoms with Gasteiger partial charge in [-0.15, -0.1) is 0 Å².